The van der Waals surface area contributed by atoms with Gasteiger partial charge in [0.2, 0.25) is 0 Å². The van der Waals surface area contributed by atoms with Gasteiger partial charge in [-0.1, -0.05) is 11.3 Å². The largest absolute Gasteiger partial charge is 0.395 e. The monoisotopic (exact) mass is 363 g/mol. The van der Waals surface area contributed by atoms with Crippen LogP contribution in [0.1, 0.15) is 12.8 Å². The average Bonchev–Trinajstić information content (AvgIpc) is 2.93. The number of nitrogens with zero attached hydrogens (tertiary/aromatic N) is 3. The molecule has 0 aromatic carbocycles. The van der Waals surface area contributed by atoms with Crippen LogP contribution in [0.4, 0.5) is 10.7 Å². The van der Waals surface area contributed by atoms with Gasteiger partial charge in [-0.25, -0.2) is 8.42 Å². The summed E-state index contributed by atoms with van der Waals surface area (Å²) in [6.45, 7) is 1.96. The Morgan fingerprint density at radius 3 is 2.57 bits per heavy atom. The van der Waals surface area contributed by atoms with Gasteiger partial charge in [-0.2, -0.15) is 0 Å². The van der Waals surface area contributed by atoms with Crippen molar-refractivity contribution < 1.29 is 18.4 Å². The Hall–Kier alpha value is -1.23. The molecule has 0 bridgehead atoms. The van der Waals surface area contributed by atoms with Crippen LogP contribution >= 0.6 is 11.3 Å². The lowest BCUT2D eigenvalue weighted by molar-refractivity contribution is -0.383. The summed E-state index contributed by atoms with van der Waals surface area (Å²) in [4.78, 5) is 14.7. The fourth-order valence-corrected chi connectivity index (χ4v) is 4.82. The molecule has 2 heterocycles. The van der Waals surface area contributed by atoms with E-state index in [1.165, 1.54) is 0 Å². The average molecular weight is 363 g/mol. The second kappa shape index (κ2) is 7.12. The lowest BCUT2D eigenvalue weighted by Gasteiger charge is -2.36. The van der Waals surface area contributed by atoms with Gasteiger partial charge in [0.25, 0.3) is 0 Å². The Kier molecular flexibility index (Phi) is 5.61. The minimum atomic E-state index is -3.46. The quantitative estimate of drug-likeness (QED) is 0.593. The molecule has 0 aliphatic carbocycles. The molecule has 0 unspecified atom stereocenters. The van der Waals surface area contributed by atoms with Crippen LogP contribution in [0.15, 0.2) is 10.3 Å². The molecule has 1 aliphatic heterocycles. The van der Waals surface area contributed by atoms with E-state index in [9.17, 15) is 18.5 Å². The first-order chi connectivity index (χ1) is 10.7. The Labute approximate surface area is 139 Å². The second-order valence-electron chi connectivity index (χ2n) is 5.71. The van der Waals surface area contributed by atoms with Crippen molar-refractivity contribution in [3.63, 3.8) is 0 Å². The van der Waals surface area contributed by atoms with Crippen molar-refractivity contribution in [3.05, 3.63) is 16.2 Å². The maximum Gasteiger partial charge on any atom is 0.305 e. The molecule has 0 amide bonds. The van der Waals surface area contributed by atoms with Crippen molar-refractivity contribution >= 4 is 31.9 Å². The number of thiophene rings is 1. The second-order valence-corrected chi connectivity index (χ2v) is 8.98. The number of piperidine rings is 1. The van der Waals surface area contributed by atoms with Crippen LogP contribution in [0.2, 0.25) is 0 Å². The topological polar surface area (TPSA) is 104 Å². The molecular weight excluding hydrogens is 342 g/mol. The van der Waals surface area contributed by atoms with Gasteiger partial charge in [-0.05, 0) is 19.9 Å². The van der Waals surface area contributed by atoms with Crippen LogP contribution in [-0.2, 0) is 9.84 Å². The normalized spacial score (nSPS) is 17.0. The molecular formula is C13H21N3O5S2. The van der Waals surface area contributed by atoms with E-state index < -0.39 is 14.8 Å². The number of anilines is 1. The number of likely N-dealkylation sites (N-methyl/N-ethyl adjacent to an activating group) is 1. The number of aliphatic hydroxyl groups is 1. The third-order valence-corrected chi connectivity index (χ3v) is 7.05. The molecule has 130 valence electrons. The van der Waals surface area contributed by atoms with Gasteiger partial charge in [-0.3, -0.25) is 10.1 Å². The van der Waals surface area contributed by atoms with Gasteiger partial charge in [0, 0.05) is 38.0 Å². The third-order valence-electron chi connectivity index (χ3n) is 4.06. The molecule has 0 saturated carbocycles. The summed E-state index contributed by atoms with van der Waals surface area (Å²) in [7, 11) is -1.51. The summed E-state index contributed by atoms with van der Waals surface area (Å²) >= 11 is 0.964. The first-order valence-corrected chi connectivity index (χ1v) is 9.99. The van der Waals surface area contributed by atoms with E-state index in [1.807, 2.05) is 11.9 Å². The van der Waals surface area contributed by atoms with Crippen LogP contribution in [0.25, 0.3) is 0 Å². The van der Waals surface area contributed by atoms with Crippen molar-refractivity contribution in [2.75, 3.05) is 44.4 Å². The van der Waals surface area contributed by atoms with Crippen molar-refractivity contribution in [3.8, 4) is 0 Å². The highest BCUT2D eigenvalue weighted by molar-refractivity contribution is 7.92. The van der Waals surface area contributed by atoms with Crippen LogP contribution in [0, 0.1) is 10.1 Å². The zero-order chi connectivity index (χ0) is 17.2. The molecule has 1 N–H and O–H groups in total. The van der Waals surface area contributed by atoms with Gasteiger partial charge in [0.15, 0.2) is 14.8 Å². The zero-order valence-electron chi connectivity index (χ0n) is 13.1. The van der Waals surface area contributed by atoms with Gasteiger partial charge in [0.05, 0.1) is 11.5 Å². The summed E-state index contributed by atoms with van der Waals surface area (Å²) in [5, 5.41) is 20.6. The van der Waals surface area contributed by atoms with E-state index in [0.717, 1.165) is 36.5 Å². The lowest BCUT2D eigenvalue weighted by Crippen LogP contribution is -2.44. The number of rotatable bonds is 6. The van der Waals surface area contributed by atoms with Crippen molar-refractivity contribution in [2.45, 2.75) is 23.1 Å². The molecule has 0 atom stereocenters. The Morgan fingerprint density at radius 1 is 1.48 bits per heavy atom. The Bertz CT molecular complexity index is 665. The molecule has 1 aromatic rings. The predicted molar refractivity (Wildman–Crippen MR) is 89.0 cm³/mol. The number of hydrogen-bond acceptors (Lipinski definition) is 8. The predicted octanol–water partition coefficient (Wildman–Crippen LogP) is 0.953. The first-order valence-electron chi connectivity index (χ1n) is 7.28. The maximum absolute atomic E-state index is 11.7. The summed E-state index contributed by atoms with van der Waals surface area (Å²) < 4.78 is 23.3. The summed E-state index contributed by atoms with van der Waals surface area (Å²) in [6, 6.07) is 1.48. The Balaban J connectivity index is 2.17. The van der Waals surface area contributed by atoms with Gasteiger partial charge >= 0.3 is 5.69 Å². The highest BCUT2D eigenvalue weighted by Crippen LogP contribution is 2.40. The van der Waals surface area contributed by atoms with Gasteiger partial charge < -0.3 is 14.9 Å². The summed E-state index contributed by atoms with van der Waals surface area (Å²) in [5.41, 5.74) is -0.141. The molecule has 0 spiro atoms. The number of hydrogen-bond donors (Lipinski definition) is 1. The third kappa shape index (κ3) is 4.19. The minimum absolute atomic E-state index is 0.0266. The SMILES string of the molecule is CN(CCO)C1CCN(c2sc(S(C)(=O)=O)cc2[N+](=O)[O-])CC1. The minimum Gasteiger partial charge on any atom is -0.395 e. The lowest BCUT2D eigenvalue weighted by atomic mass is 10.0. The number of nitro groups is 1. The highest BCUT2D eigenvalue weighted by atomic mass is 32.2. The number of sulfone groups is 1. The van der Waals surface area contributed by atoms with Crippen molar-refractivity contribution in [2.24, 2.45) is 0 Å². The maximum atomic E-state index is 11.7. The molecule has 1 aliphatic rings. The molecule has 10 heteroatoms. The van der Waals surface area contributed by atoms with Crippen molar-refractivity contribution in [1.29, 1.82) is 0 Å². The van der Waals surface area contributed by atoms with Crippen LogP contribution in [0.5, 0.6) is 0 Å². The molecule has 1 saturated heterocycles. The number of aliphatic hydroxyl groups excluding tert-OH is 1. The van der Waals surface area contributed by atoms with Gasteiger partial charge in [-0.15, -0.1) is 0 Å². The Morgan fingerprint density at radius 2 is 2.09 bits per heavy atom. The zero-order valence-corrected chi connectivity index (χ0v) is 14.8. The van der Waals surface area contributed by atoms with E-state index in [-0.39, 0.29) is 16.5 Å². The van der Waals surface area contributed by atoms with E-state index in [0.29, 0.717) is 30.7 Å². The van der Waals surface area contributed by atoms with E-state index in [2.05, 4.69) is 4.90 Å². The first kappa shape index (κ1) is 18.1. The fraction of sp³-hybridized carbons (Fsp3) is 0.692. The van der Waals surface area contributed by atoms with Crippen LogP contribution in [0.3, 0.4) is 0 Å². The standard InChI is InChI=1S/C13H21N3O5S2/c1-14(7-8-17)10-3-5-15(6-4-10)13-11(16(18)19)9-12(22-13)23(2,20)21/h9-10,17H,3-8H2,1-2H3. The molecule has 1 fully saturated rings. The fourth-order valence-electron chi connectivity index (χ4n) is 2.74. The van der Waals surface area contributed by atoms with E-state index in [1.54, 1.807) is 0 Å². The van der Waals surface area contributed by atoms with Crippen molar-refractivity contribution in [1.82, 2.24) is 4.90 Å². The summed E-state index contributed by atoms with van der Waals surface area (Å²) in [6.07, 6.45) is 2.70. The van der Waals surface area contributed by atoms with Gasteiger partial charge in [0.1, 0.15) is 4.21 Å². The van der Waals surface area contributed by atoms with Crippen LogP contribution < -0.4 is 4.90 Å². The van der Waals surface area contributed by atoms with Crippen LogP contribution in [-0.4, -0.2) is 68.9 Å². The smallest absolute Gasteiger partial charge is 0.305 e. The molecule has 0 radical (unpaired) electrons. The molecule has 2 rings (SSSR count). The molecule has 1 aromatic heterocycles. The highest BCUT2D eigenvalue weighted by Gasteiger charge is 2.30. The van der Waals surface area contributed by atoms with E-state index >= 15 is 0 Å². The summed E-state index contributed by atoms with van der Waals surface area (Å²) in [5.74, 6) is 0. The molecule has 23 heavy (non-hydrogen) atoms. The van der Waals surface area contributed by atoms with E-state index in [4.69, 9.17) is 5.11 Å². The molecule has 8 nitrogen and oxygen atoms in total.